The maximum atomic E-state index is 12.3. The molecule has 1 aromatic rings. The number of hydrogen-bond acceptors (Lipinski definition) is 4. The van der Waals surface area contributed by atoms with Gasteiger partial charge in [-0.2, -0.15) is 0 Å². The number of carbonyl (C=O) groups excluding carboxylic acids is 2. The van der Waals surface area contributed by atoms with Crippen molar-refractivity contribution >= 4 is 21.5 Å². The standard InChI is InChI=1S/C14H17NO4S/c1-20(18,19)11-8-6-10(7-9-11)14(17)12-4-2-3-5-13(16)15-12/h6-9,12H,2-5H2,1H3,(H,15,16). The number of rotatable bonds is 3. The Morgan fingerprint density at radius 3 is 2.45 bits per heavy atom. The molecular weight excluding hydrogens is 278 g/mol. The Hall–Kier alpha value is -1.69. The maximum absolute atomic E-state index is 12.3. The number of sulfone groups is 1. The van der Waals surface area contributed by atoms with E-state index < -0.39 is 15.9 Å². The molecule has 108 valence electrons. The van der Waals surface area contributed by atoms with Crippen molar-refractivity contribution in [1.29, 1.82) is 0 Å². The van der Waals surface area contributed by atoms with Crippen LogP contribution < -0.4 is 5.32 Å². The molecule has 2 rings (SSSR count). The Balaban J connectivity index is 2.18. The maximum Gasteiger partial charge on any atom is 0.220 e. The van der Waals surface area contributed by atoms with Crippen molar-refractivity contribution in [2.24, 2.45) is 0 Å². The summed E-state index contributed by atoms with van der Waals surface area (Å²) in [5, 5.41) is 2.72. The van der Waals surface area contributed by atoms with E-state index in [1.54, 1.807) is 0 Å². The Bertz CT molecular complexity index is 619. The minimum Gasteiger partial charge on any atom is -0.346 e. The first kappa shape index (κ1) is 14.7. The van der Waals surface area contributed by atoms with Crippen LogP contribution in [0.4, 0.5) is 0 Å². The van der Waals surface area contributed by atoms with Crippen LogP contribution in [-0.2, 0) is 14.6 Å². The van der Waals surface area contributed by atoms with Gasteiger partial charge >= 0.3 is 0 Å². The molecule has 1 aromatic carbocycles. The van der Waals surface area contributed by atoms with E-state index in [2.05, 4.69) is 5.32 Å². The second kappa shape index (κ2) is 5.75. The summed E-state index contributed by atoms with van der Waals surface area (Å²) >= 11 is 0. The number of hydrogen-bond donors (Lipinski definition) is 1. The zero-order valence-electron chi connectivity index (χ0n) is 11.3. The minimum atomic E-state index is -3.27. The van der Waals surface area contributed by atoms with Gasteiger partial charge in [0.25, 0.3) is 0 Å². The molecule has 0 radical (unpaired) electrons. The number of ketones is 1. The second-order valence-corrected chi connectivity index (χ2v) is 7.04. The first-order valence-electron chi connectivity index (χ1n) is 6.51. The van der Waals surface area contributed by atoms with Gasteiger partial charge in [-0.15, -0.1) is 0 Å². The minimum absolute atomic E-state index is 0.103. The monoisotopic (exact) mass is 295 g/mol. The molecule has 1 unspecified atom stereocenters. The third-order valence-corrected chi connectivity index (χ3v) is 4.49. The molecule has 1 atom stereocenters. The summed E-state index contributed by atoms with van der Waals surface area (Å²) < 4.78 is 22.7. The van der Waals surface area contributed by atoms with Crippen LogP contribution in [-0.4, -0.2) is 32.4 Å². The van der Waals surface area contributed by atoms with Gasteiger partial charge in [0.05, 0.1) is 10.9 Å². The summed E-state index contributed by atoms with van der Waals surface area (Å²) in [6.45, 7) is 0. The summed E-state index contributed by atoms with van der Waals surface area (Å²) in [4.78, 5) is 23.9. The van der Waals surface area contributed by atoms with Gasteiger partial charge in [0.1, 0.15) is 0 Å². The molecule has 0 bridgehead atoms. The number of carbonyl (C=O) groups is 2. The van der Waals surface area contributed by atoms with Crippen molar-refractivity contribution in [3.05, 3.63) is 29.8 Å². The summed E-state index contributed by atoms with van der Waals surface area (Å²) in [6.07, 6.45) is 3.82. The topological polar surface area (TPSA) is 80.3 Å². The average Bonchev–Trinajstić information content (AvgIpc) is 2.62. The highest BCUT2D eigenvalue weighted by Crippen LogP contribution is 2.16. The molecule has 1 saturated heterocycles. The highest BCUT2D eigenvalue weighted by molar-refractivity contribution is 7.90. The van der Waals surface area contributed by atoms with E-state index in [1.807, 2.05) is 0 Å². The molecule has 6 heteroatoms. The van der Waals surface area contributed by atoms with Crippen LogP contribution in [0.25, 0.3) is 0 Å². The smallest absolute Gasteiger partial charge is 0.220 e. The van der Waals surface area contributed by atoms with Gasteiger partial charge < -0.3 is 5.32 Å². The fraction of sp³-hybridized carbons (Fsp3) is 0.429. The molecule has 0 aliphatic carbocycles. The highest BCUT2D eigenvalue weighted by Gasteiger charge is 2.24. The largest absolute Gasteiger partial charge is 0.346 e. The van der Waals surface area contributed by atoms with E-state index in [-0.39, 0.29) is 16.6 Å². The lowest BCUT2D eigenvalue weighted by atomic mass is 10.0. The summed E-state index contributed by atoms with van der Waals surface area (Å²) in [7, 11) is -3.27. The summed E-state index contributed by atoms with van der Waals surface area (Å²) in [5.74, 6) is -0.270. The van der Waals surface area contributed by atoms with Crippen molar-refractivity contribution in [3.8, 4) is 0 Å². The molecule has 20 heavy (non-hydrogen) atoms. The third kappa shape index (κ3) is 3.45. The highest BCUT2D eigenvalue weighted by atomic mass is 32.2. The quantitative estimate of drug-likeness (QED) is 0.853. The van der Waals surface area contributed by atoms with Gasteiger partial charge in [-0.3, -0.25) is 9.59 Å². The molecule has 0 spiro atoms. The number of benzene rings is 1. The van der Waals surface area contributed by atoms with Crippen molar-refractivity contribution in [2.45, 2.75) is 36.6 Å². The van der Waals surface area contributed by atoms with Crippen molar-refractivity contribution < 1.29 is 18.0 Å². The van der Waals surface area contributed by atoms with E-state index in [1.165, 1.54) is 24.3 Å². The van der Waals surface area contributed by atoms with Crippen LogP contribution in [0.3, 0.4) is 0 Å². The Kier molecular flexibility index (Phi) is 4.23. The van der Waals surface area contributed by atoms with E-state index in [9.17, 15) is 18.0 Å². The van der Waals surface area contributed by atoms with Crippen LogP contribution in [0, 0.1) is 0 Å². The van der Waals surface area contributed by atoms with Gasteiger partial charge in [-0.25, -0.2) is 8.42 Å². The van der Waals surface area contributed by atoms with Crippen LogP contribution in [0.1, 0.15) is 36.0 Å². The van der Waals surface area contributed by atoms with Crippen molar-refractivity contribution in [2.75, 3.05) is 6.26 Å². The van der Waals surface area contributed by atoms with Gasteiger partial charge in [0, 0.05) is 18.2 Å². The summed E-state index contributed by atoms with van der Waals surface area (Å²) in [6, 6.07) is 5.32. The Labute approximate surface area is 118 Å². The van der Waals surface area contributed by atoms with Gasteiger partial charge in [-0.1, -0.05) is 18.6 Å². The van der Waals surface area contributed by atoms with Crippen LogP contribution in [0.2, 0.25) is 0 Å². The molecule has 0 aromatic heterocycles. The molecule has 1 aliphatic rings. The first-order valence-corrected chi connectivity index (χ1v) is 8.41. The van der Waals surface area contributed by atoms with Gasteiger partial charge in [0.15, 0.2) is 15.6 Å². The van der Waals surface area contributed by atoms with Crippen molar-refractivity contribution in [1.82, 2.24) is 5.32 Å². The second-order valence-electron chi connectivity index (χ2n) is 5.03. The fourth-order valence-corrected chi connectivity index (χ4v) is 2.87. The van der Waals surface area contributed by atoms with Crippen molar-refractivity contribution in [3.63, 3.8) is 0 Å². The van der Waals surface area contributed by atoms with Gasteiger partial charge in [-0.05, 0) is 25.0 Å². The van der Waals surface area contributed by atoms with Crippen LogP contribution in [0.15, 0.2) is 29.2 Å². The number of amides is 1. The average molecular weight is 295 g/mol. The van der Waals surface area contributed by atoms with Gasteiger partial charge in [0.2, 0.25) is 5.91 Å². The summed E-state index contributed by atoms with van der Waals surface area (Å²) in [5.41, 5.74) is 0.421. The lowest BCUT2D eigenvalue weighted by Gasteiger charge is -2.14. The first-order chi connectivity index (χ1) is 9.38. The van der Waals surface area contributed by atoms with E-state index >= 15 is 0 Å². The normalized spacial score (nSPS) is 20.1. The molecule has 1 heterocycles. The lowest BCUT2D eigenvalue weighted by Crippen LogP contribution is -2.39. The van der Waals surface area contributed by atoms with E-state index in [0.717, 1.165) is 19.1 Å². The molecule has 1 N–H and O–H groups in total. The molecule has 5 nitrogen and oxygen atoms in total. The zero-order chi connectivity index (χ0) is 14.8. The SMILES string of the molecule is CS(=O)(=O)c1ccc(C(=O)C2CCCCC(=O)N2)cc1. The molecule has 1 amide bonds. The van der Waals surface area contributed by atoms with Crippen LogP contribution in [0.5, 0.6) is 0 Å². The molecule has 0 saturated carbocycles. The predicted octanol–water partition coefficient (Wildman–Crippen LogP) is 1.33. The lowest BCUT2D eigenvalue weighted by molar-refractivity contribution is -0.121. The molecular formula is C14H17NO4S. The Morgan fingerprint density at radius 1 is 1.20 bits per heavy atom. The predicted molar refractivity (Wildman–Crippen MR) is 74.3 cm³/mol. The third-order valence-electron chi connectivity index (χ3n) is 3.37. The fourth-order valence-electron chi connectivity index (χ4n) is 2.24. The molecule has 1 fully saturated rings. The van der Waals surface area contributed by atoms with E-state index in [4.69, 9.17) is 0 Å². The van der Waals surface area contributed by atoms with E-state index in [0.29, 0.717) is 18.4 Å². The van der Waals surface area contributed by atoms with Crippen LogP contribution >= 0.6 is 0 Å². The number of Topliss-reactive ketones (excluding diaryl/α,β-unsaturated/α-hetero) is 1. The Morgan fingerprint density at radius 2 is 1.85 bits per heavy atom. The zero-order valence-corrected chi connectivity index (χ0v) is 12.1. The number of nitrogens with one attached hydrogen (secondary N) is 1. The molecule has 1 aliphatic heterocycles.